The predicted molar refractivity (Wildman–Crippen MR) is 98.9 cm³/mol. The van der Waals surface area contributed by atoms with Crippen LogP contribution in [0, 0.1) is 0 Å². The van der Waals surface area contributed by atoms with E-state index in [0.717, 1.165) is 44.4 Å². The topological polar surface area (TPSA) is 79.4 Å². The van der Waals surface area contributed by atoms with E-state index in [-0.39, 0.29) is 10.8 Å². The van der Waals surface area contributed by atoms with Gasteiger partial charge in [0.1, 0.15) is 0 Å². The van der Waals surface area contributed by atoms with E-state index in [1.807, 2.05) is 0 Å². The average Bonchev–Trinajstić information content (AvgIpc) is 2.96. The number of thiazole rings is 1. The van der Waals surface area contributed by atoms with Gasteiger partial charge in [0.05, 0.1) is 10.6 Å². The lowest BCUT2D eigenvalue weighted by atomic mass is 10.2. The minimum absolute atomic E-state index is 0.199. The molecule has 1 aromatic heterocycles. The second-order valence-corrected chi connectivity index (χ2v) is 9.27. The van der Waals surface area contributed by atoms with Crippen molar-refractivity contribution in [2.24, 2.45) is 0 Å². The molecule has 1 aromatic carbocycles. The first-order chi connectivity index (χ1) is 11.9. The maximum Gasteiger partial charge on any atom is 0.257 e. The van der Waals surface area contributed by atoms with Gasteiger partial charge in [0.15, 0.2) is 15.0 Å². The lowest BCUT2D eigenvalue weighted by Gasteiger charge is -2.24. The maximum atomic E-state index is 12.4. The van der Waals surface area contributed by atoms with Crippen LogP contribution in [0.25, 0.3) is 0 Å². The normalized spacial score (nSPS) is 15.0. The number of rotatable bonds is 5. The van der Waals surface area contributed by atoms with Crippen LogP contribution < -0.4 is 5.32 Å². The molecule has 0 bridgehead atoms. The molecule has 25 heavy (non-hydrogen) atoms. The molecule has 0 saturated heterocycles. The van der Waals surface area contributed by atoms with Crippen LogP contribution in [-0.2, 0) is 22.8 Å². The first kappa shape index (κ1) is 18.0. The van der Waals surface area contributed by atoms with Gasteiger partial charge in [0.25, 0.3) is 5.91 Å². The first-order valence-corrected chi connectivity index (χ1v) is 10.9. The molecule has 1 N–H and O–H groups in total. The van der Waals surface area contributed by atoms with Gasteiger partial charge >= 0.3 is 0 Å². The van der Waals surface area contributed by atoms with Gasteiger partial charge in [0, 0.05) is 36.2 Å². The summed E-state index contributed by atoms with van der Waals surface area (Å²) in [6.07, 6.45) is 3.18. The van der Waals surface area contributed by atoms with Gasteiger partial charge in [-0.05, 0) is 37.2 Å². The van der Waals surface area contributed by atoms with Crippen LogP contribution in [-0.4, -0.2) is 43.6 Å². The van der Waals surface area contributed by atoms with Crippen molar-refractivity contribution in [1.29, 1.82) is 0 Å². The van der Waals surface area contributed by atoms with Crippen LogP contribution in [0.2, 0.25) is 0 Å². The van der Waals surface area contributed by atoms with Crippen LogP contribution in [0.4, 0.5) is 5.13 Å². The molecule has 0 saturated carbocycles. The quantitative estimate of drug-likeness (QED) is 0.864. The Balaban J connectivity index is 1.70. The monoisotopic (exact) mass is 379 g/mol. The number of benzene rings is 1. The molecule has 2 aromatic rings. The number of aromatic nitrogens is 1. The number of anilines is 1. The van der Waals surface area contributed by atoms with Gasteiger partial charge in [-0.3, -0.25) is 15.0 Å². The Morgan fingerprint density at radius 3 is 2.68 bits per heavy atom. The number of carbonyl (C=O) groups excluding carboxylic acids is 1. The molecule has 3 rings (SSSR count). The summed E-state index contributed by atoms with van der Waals surface area (Å²) in [7, 11) is -3.26. The number of hydrogen-bond acceptors (Lipinski definition) is 6. The Bertz CT molecular complexity index is 873. The van der Waals surface area contributed by atoms with Gasteiger partial charge in [-0.15, -0.1) is 11.3 Å². The molecule has 1 aliphatic rings. The minimum atomic E-state index is -3.26. The highest BCUT2D eigenvalue weighted by atomic mass is 32.2. The third kappa shape index (κ3) is 4.26. The molecule has 0 atom stereocenters. The molecule has 0 unspecified atom stereocenters. The molecule has 8 heteroatoms. The summed E-state index contributed by atoms with van der Waals surface area (Å²) in [4.78, 5) is 20.7. The third-order valence-electron chi connectivity index (χ3n) is 4.12. The van der Waals surface area contributed by atoms with Crippen molar-refractivity contribution in [2.45, 2.75) is 31.2 Å². The number of nitrogens with zero attached hydrogens (tertiary/aromatic N) is 2. The zero-order valence-electron chi connectivity index (χ0n) is 14.3. The molecule has 1 aliphatic heterocycles. The molecule has 6 nitrogen and oxygen atoms in total. The fourth-order valence-electron chi connectivity index (χ4n) is 2.83. The lowest BCUT2D eigenvalue weighted by molar-refractivity contribution is 0.102. The summed E-state index contributed by atoms with van der Waals surface area (Å²) >= 11 is 1.51. The van der Waals surface area contributed by atoms with Crippen LogP contribution in [0.5, 0.6) is 0 Å². The summed E-state index contributed by atoms with van der Waals surface area (Å²) in [6, 6.07) is 5.92. The molecule has 134 valence electrons. The van der Waals surface area contributed by atoms with E-state index < -0.39 is 9.84 Å². The maximum absolute atomic E-state index is 12.4. The van der Waals surface area contributed by atoms with E-state index >= 15 is 0 Å². The number of amides is 1. The Hall–Kier alpha value is -1.77. The van der Waals surface area contributed by atoms with Gasteiger partial charge < -0.3 is 0 Å². The lowest BCUT2D eigenvalue weighted by Crippen LogP contribution is -2.30. The number of nitrogens with one attached hydrogen (secondary N) is 1. The fourth-order valence-corrected chi connectivity index (χ4v) is 4.51. The van der Waals surface area contributed by atoms with Crippen molar-refractivity contribution in [2.75, 3.05) is 24.7 Å². The molecular weight excluding hydrogens is 358 g/mol. The van der Waals surface area contributed by atoms with Crippen molar-refractivity contribution in [1.82, 2.24) is 9.88 Å². The van der Waals surface area contributed by atoms with Crippen LogP contribution in [0.15, 0.2) is 29.2 Å². The van der Waals surface area contributed by atoms with Crippen LogP contribution in [0.3, 0.4) is 0 Å². The second kappa shape index (κ2) is 7.23. The number of fused-ring (bicyclic) bond motifs is 1. The van der Waals surface area contributed by atoms with E-state index in [1.165, 1.54) is 40.5 Å². The highest BCUT2D eigenvalue weighted by Gasteiger charge is 2.21. The molecule has 0 radical (unpaired) electrons. The summed E-state index contributed by atoms with van der Waals surface area (Å²) in [5.74, 6) is -0.281. The minimum Gasteiger partial charge on any atom is -0.298 e. The summed E-state index contributed by atoms with van der Waals surface area (Å²) in [5.41, 5.74) is 1.48. The number of sulfone groups is 1. The summed E-state index contributed by atoms with van der Waals surface area (Å²) < 4.78 is 23.0. The average molecular weight is 380 g/mol. The Kier molecular flexibility index (Phi) is 5.21. The molecule has 1 amide bonds. The SMILES string of the molecule is CCCN1CCc2nc(NC(=O)c3ccc(S(C)(=O)=O)cc3)sc2C1. The standard InChI is InChI=1S/C17H21N3O3S2/c1-3-9-20-10-8-14-15(11-20)24-17(18-14)19-16(21)12-4-6-13(7-5-12)25(2,22)23/h4-7H,3,8-11H2,1-2H3,(H,18,19,21). The first-order valence-electron chi connectivity index (χ1n) is 8.19. The highest BCUT2D eigenvalue weighted by molar-refractivity contribution is 7.90. The van der Waals surface area contributed by atoms with E-state index in [9.17, 15) is 13.2 Å². The molecule has 0 aliphatic carbocycles. The van der Waals surface area contributed by atoms with E-state index in [1.54, 1.807) is 0 Å². The summed E-state index contributed by atoms with van der Waals surface area (Å²) in [6.45, 7) is 5.14. The van der Waals surface area contributed by atoms with Crippen LogP contribution in [0.1, 0.15) is 34.3 Å². The van der Waals surface area contributed by atoms with E-state index in [0.29, 0.717) is 10.7 Å². The van der Waals surface area contributed by atoms with Crippen LogP contribution >= 0.6 is 11.3 Å². The molecular formula is C17H21N3O3S2. The van der Waals surface area contributed by atoms with Crippen molar-refractivity contribution >= 4 is 32.2 Å². The smallest absolute Gasteiger partial charge is 0.257 e. The van der Waals surface area contributed by atoms with Crippen molar-refractivity contribution < 1.29 is 13.2 Å². The largest absolute Gasteiger partial charge is 0.298 e. The summed E-state index contributed by atoms with van der Waals surface area (Å²) in [5, 5.41) is 3.42. The zero-order chi connectivity index (χ0) is 18.0. The van der Waals surface area contributed by atoms with Gasteiger partial charge in [-0.25, -0.2) is 13.4 Å². The molecule has 0 spiro atoms. The van der Waals surface area contributed by atoms with E-state index in [4.69, 9.17) is 0 Å². The predicted octanol–water partition coefficient (Wildman–Crippen LogP) is 2.57. The number of hydrogen-bond donors (Lipinski definition) is 1. The number of carbonyl (C=O) groups is 1. The molecule has 2 heterocycles. The third-order valence-corrected chi connectivity index (χ3v) is 6.24. The second-order valence-electron chi connectivity index (χ2n) is 6.17. The Labute approximate surface area is 151 Å². The van der Waals surface area contributed by atoms with Gasteiger partial charge in [-0.1, -0.05) is 6.92 Å². The highest BCUT2D eigenvalue weighted by Crippen LogP contribution is 2.28. The Morgan fingerprint density at radius 2 is 2.04 bits per heavy atom. The van der Waals surface area contributed by atoms with Crippen molar-refractivity contribution in [3.05, 3.63) is 40.4 Å². The van der Waals surface area contributed by atoms with E-state index in [2.05, 4.69) is 22.1 Å². The van der Waals surface area contributed by atoms with Crippen molar-refractivity contribution in [3.63, 3.8) is 0 Å². The van der Waals surface area contributed by atoms with Crippen molar-refractivity contribution in [3.8, 4) is 0 Å². The van der Waals surface area contributed by atoms with Gasteiger partial charge in [0.2, 0.25) is 0 Å². The van der Waals surface area contributed by atoms with Gasteiger partial charge in [-0.2, -0.15) is 0 Å². The fraction of sp³-hybridized carbons (Fsp3) is 0.412. The molecule has 0 fully saturated rings. The Morgan fingerprint density at radius 1 is 1.32 bits per heavy atom. The zero-order valence-corrected chi connectivity index (χ0v) is 15.9.